The molecule has 0 aliphatic carbocycles. The Morgan fingerprint density at radius 3 is 2.58 bits per heavy atom. The maximum absolute atomic E-state index is 14.4. The van der Waals surface area contributed by atoms with E-state index in [-0.39, 0.29) is 0 Å². The number of aliphatic hydroxyl groups excluding tert-OH is 1. The van der Waals surface area contributed by atoms with Gasteiger partial charge in [-0.15, -0.1) is 11.8 Å². The number of esters is 1. The minimum atomic E-state index is -0.709. The number of carbonyl (C=O) groups is 1. The zero-order chi connectivity index (χ0) is 22.1. The lowest BCUT2D eigenvalue weighted by molar-refractivity contribution is 0.0601. The molecule has 1 N–H and O–H groups in total. The summed E-state index contributed by atoms with van der Waals surface area (Å²) in [4.78, 5) is 21.8. The van der Waals surface area contributed by atoms with Gasteiger partial charge in [-0.25, -0.2) is 19.2 Å². The van der Waals surface area contributed by atoms with Crippen molar-refractivity contribution >= 4 is 28.6 Å². The second kappa shape index (κ2) is 8.49. The molecule has 0 saturated carbocycles. The minimum absolute atomic E-state index is 0.320. The van der Waals surface area contributed by atoms with Crippen molar-refractivity contribution < 1.29 is 19.0 Å². The van der Waals surface area contributed by atoms with Gasteiger partial charge in [0.25, 0.3) is 0 Å². The summed E-state index contributed by atoms with van der Waals surface area (Å²) in [6.07, 6.45) is 6.25. The van der Waals surface area contributed by atoms with E-state index in [1.54, 1.807) is 59.9 Å². The summed E-state index contributed by atoms with van der Waals surface area (Å²) < 4.78 is 21.0. The number of hydrogen-bond acceptors (Lipinski definition) is 6. The third kappa shape index (κ3) is 3.92. The number of aromatic nitrogens is 3. The predicted molar refractivity (Wildman–Crippen MR) is 118 cm³/mol. The molecule has 0 aliphatic heterocycles. The standard InChI is InChI=1S/C23H20FN3O3S/c1-13(28)14-5-7-19(24)18(8-14)16-10-25-23(26-11-16)27-12-21(31-3)17-6-4-15(9-20(17)27)22(29)30-2/h4-13,28H,1-3H3. The molecule has 8 heteroatoms. The number of thioether (sulfide) groups is 1. The highest BCUT2D eigenvalue weighted by Crippen LogP contribution is 2.31. The van der Waals surface area contributed by atoms with Crippen LogP contribution >= 0.6 is 11.8 Å². The van der Waals surface area contributed by atoms with Crippen molar-refractivity contribution in [1.29, 1.82) is 0 Å². The number of ether oxygens (including phenoxy) is 1. The lowest BCUT2D eigenvalue weighted by atomic mass is 10.0. The van der Waals surface area contributed by atoms with Crippen LogP contribution in [0.15, 0.2) is 59.9 Å². The van der Waals surface area contributed by atoms with E-state index in [1.807, 2.05) is 18.5 Å². The van der Waals surface area contributed by atoms with Gasteiger partial charge in [-0.2, -0.15) is 0 Å². The number of halogens is 1. The van der Waals surface area contributed by atoms with Gasteiger partial charge < -0.3 is 9.84 Å². The van der Waals surface area contributed by atoms with Crippen molar-refractivity contribution in [3.63, 3.8) is 0 Å². The summed E-state index contributed by atoms with van der Waals surface area (Å²) in [5.41, 5.74) is 2.62. The van der Waals surface area contributed by atoms with Crippen LogP contribution in [-0.4, -0.2) is 39.0 Å². The Bertz CT molecular complexity index is 1270. The first kappa shape index (κ1) is 21.0. The van der Waals surface area contributed by atoms with Gasteiger partial charge >= 0.3 is 5.97 Å². The van der Waals surface area contributed by atoms with Gasteiger partial charge in [0.1, 0.15) is 5.82 Å². The van der Waals surface area contributed by atoms with E-state index in [0.717, 1.165) is 15.8 Å². The van der Waals surface area contributed by atoms with Crippen LogP contribution in [0.4, 0.5) is 4.39 Å². The molecule has 1 unspecified atom stereocenters. The van der Waals surface area contributed by atoms with Gasteiger partial charge in [-0.05, 0) is 43.0 Å². The Kier molecular flexibility index (Phi) is 5.75. The van der Waals surface area contributed by atoms with Gasteiger partial charge in [-0.1, -0.05) is 12.1 Å². The number of carbonyl (C=O) groups excluding carboxylic acids is 1. The molecule has 6 nitrogen and oxygen atoms in total. The molecule has 0 bridgehead atoms. The Hall–Kier alpha value is -3.23. The molecule has 0 aliphatic rings. The summed E-state index contributed by atoms with van der Waals surface area (Å²) in [5, 5.41) is 10.8. The zero-order valence-electron chi connectivity index (χ0n) is 17.2. The molecule has 2 aromatic heterocycles. The summed E-state index contributed by atoms with van der Waals surface area (Å²) in [6.45, 7) is 1.62. The van der Waals surface area contributed by atoms with E-state index >= 15 is 0 Å². The average molecular weight is 437 g/mol. The number of hydrogen-bond donors (Lipinski definition) is 1. The number of methoxy groups -OCH3 is 1. The monoisotopic (exact) mass is 437 g/mol. The van der Waals surface area contributed by atoms with Crippen molar-refractivity contribution in [2.45, 2.75) is 17.9 Å². The van der Waals surface area contributed by atoms with E-state index in [1.165, 1.54) is 13.2 Å². The summed E-state index contributed by atoms with van der Waals surface area (Å²) in [5.74, 6) is -0.451. The van der Waals surface area contributed by atoms with E-state index in [9.17, 15) is 14.3 Å². The van der Waals surface area contributed by atoms with E-state index in [0.29, 0.717) is 28.2 Å². The van der Waals surface area contributed by atoms with E-state index < -0.39 is 17.9 Å². The van der Waals surface area contributed by atoms with Crippen molar-refractivity contribution in [2.75, 3.05) is 13.4 Å². The van der Waals surface area contributed by atoms with Crippen molar-refractivity contribution in [3.8, 4) is 17.1 Å². The number of aliphatic hydroxyl groups is 1. The van der Waals surface area contributed by atoms with Crippen LogP contribution in [0.25, 0.3) is 28.0 Å². The molecule has 31 heavy (non-hydrogen) atoms. The second-order valence-corrected chi connectivity index (χ2v) is 7.83. The third-order valence-electron chi connectivity index (χ3n) is 5.05. The van der Waals surface area contributed by atoms with Crippen LogP contribution in [0.3, 0.4) is 0 Å². The maximum Gasteiger partial charge on any atom is 0.337 e. The molecule has 2 heterocycles. The van der Waals surface area contributed by atoms with Gasteiger partial charge in [-0.3, -0.25) is 4.57 Å². The van der Waals surface area contributed by atoms with Gasteiger partial charge in [0, 0.05) is 40.0 Å². The predicted octanol–water partition coefficient (Wildman–Crippen LogP) is 4.79. The molecule has 0 spiro atoms. The van der Waals surface area contributed by atoms with Crippen LogP contribution in [0.2, 0.25) is 0 Å². The number of fused-ring (bicyclic) bond motifs is 1. The quantitative estimate of drug-likeness (QED) is 0.357. The molecular weight excluding hydrogens is 417 g/mol. The molecule has 0 saturated heterocycles. The summed E-state index contributed by atoms with van der Waals surface area (Å²) >= 11 is 1.57. The Balaban J connectivity index is 1.79. The fraction of sp³-hybridized carbons (Fsp3) is 0.174. The SMILES string of the molecule is COC(=O)c1ccc2c(SC)cn(-c3ncc(-c4cc(C(C)O)ccc4F)cn3)c2c1. The Labute approximate surface area is 182 Å². The van der Waals surface area contributed by atoms with E-state index in [4.69, 9.17) is 4.74 Å². The van der Waals surface area contributed by atoms with Gasteiger partial charge in [0.2, 0.25) is 5.95 Å². The highest BCUT2D eigenvalue weighted by atomic mass is 32.2. The first-order chi connectivity index (χ1) is 14.9. The molecule has 4 rings (SSSR count). The van der Waals surface area contributed by atoms with Crippen LogP contribution in [0.5, 0.6) is 0 Å². The number of benzene rings is 2. The van der Waals surface area contributed by atoms with E-state index in [2.05, 4.69) is 9.97 Å². The number of nitrogens with zero attached hydrogens (tertiary/aromatic N) is 3. The van der Waals surface area contributed by atoms with Gasteiger partial charge in [0.15, 0.2) is 0 Å². The molecule has 0 fully saturated rings. The molecule has 0 amide bonds. The smallest absolute Gasteiger partial charge is 0.337 e. The normalized spacial score (nSPS) is 12.2. The lowest BCUT2D eigenvalue weighted by Crippen LogP contribution is -2.03. The fourth-order valence-corrected chi connectivity index (χ4v) is 3.98. The molecular formula is C23H20FN3O3S. The highest BCUT2D eigenvalue weighted by Gasteiger charge is 2.16. The zero-order valence-corrected chi connectivity index (χ0v) is 18.0. The van der Waals surface area contributed by atoms with Crippen molar-refractivity contribution in [3.05, 3.63) is 71.9 Å². The van der Waals surface area contributed by atoms with Crippen molar-refractivity contribution in [2.24, 2.45) is 0 Å². The molecule has 2 aromatic carbocycles. The Morgan fingerprint density at radius 1 is 1.19 bits per heavy atom. The second-order valence-electron chi connectivity index (χ2n) is 6.98. The highest BCUT2D eigenvalue weighted by molar-refractivity contribution is 7.98. The maximum atomic E-state index is 14.4. The fourth-order valence-electron chi connectivity index (χ4n) is 3.38. The van der Waals surface area contributed by atoms with Crippen LogP contribution in [-0.2, 0) is 4.74 Å². The largest absolute Gasteiger partial charge is 0.465 e. The summed E-state index contributed by atoms with van der Waals surface area (Å²) in [7, 11) is 1.34. The lowest BCUT2D eigenvalue weighted by Gasteiger charge is -2.10. The molecule has 4 aromatic rings. The first-order valence-electron chi connectivity index (χ1n) is 9.50. The number of rotatable bonds is 5. The first-order valence-corrected chi connectivity index (χ1v) is 10.7. The summed E-state index contributed by atoms with van der Waals surface area (Å²) in [6, 6.07) is 9.80. The molecule has 0 radical (unpaired) electrons. The van der Waals surface area contributed by atoms with Crippen LogP contribution < -0.4 is 0 Å². The molecule has 158 valence electrons. The van der Waals surface area contributed by atoms with Crippen LogP contribution in [0, 0.1) is 5.82 Å². The Morgan fingerprint density at radius 2 is 1.94 bits per heavy atom. The molecule has 1 atom stereocenters. The van der Waals surface area contributed by atoms with Crippen molar-refractivity contribution in [1.82, 2.24) is 14.5 Å². The van der Waals surface area contributed by atoms with Gasteiger partial charge in [0.05, 0.1) is 24.3 Å². The van der Waals surface area contributed by atoms with Crippen LogP contribution in [0.1, 0.15) is 28.9 Å². The average Bonchev–Trinajstić information content (AvgIpc) is 3.16. The third-order valence-corrected chi connectivity index (χ3v) is 5.81. The minimum Gasteiger partial charge on any atom is -0.465 e. The topological polar surface area (TPSA) is 77.2 Å².